The van der Waals surface area contributed by atoms with E-state index in [2.05, 4.69) is 61.9 Å². The standard InChI is InChI=1S/C24H27N5OS/c30-23-16-31-22-6-5-19(27-24(22)28-23)15-26-18-9-13-29(14-10-18)12-8-17-7-11-25-21-4-2-1-3-20(17)21/h1-7,11,18,26H,8-10,12-16H2,(H,27,28,30). The number of amides is 1. The van der Waals surface area contributed by atoms with Crippen molar-refractivity contribution < 1.29 is 4.79 Å². The number of anilines is 1. The van der Waals surface area contributed by atoms with Crippen LogP contribution in [0.2, 0.25) is 0 Å². The number of carbonyl (C=O) groups excluding carboxylic acids is 1. The molecule has 1 amide bonds. The van der Waals surface area contributed by atoms with E-state index in [1.54, 1.807) is 11.8 Å². The Labute approximate surface area is 186 Å². The van der Waals surface area contributed by atoms with Gasteiger partial charge in [-0.3, -0.25) is 9.78 Å². The highest BCUT2D eigenvalue weighted by molar-refractivity contribution is 8.00. The summed E-state index contributed by atoms with van der Waals surface area (Å²) >= 11 is 1.55. The van der Waals surface area contributed by atoms with E-state index in [1.165, 1.54) is 10.9 Å². The van der Waals surface area contributed by atoms with Gasteiger partial charge in [0.2, 0.25) is 5.91 Å². The molecule has 2 N–H and O–H groups in total. The lowest BCUT2D eigenvalue weighted by molar-refractivity contribution is -0.113. The molecule has 7 heteroatoms. The van der Waals surface area contributed by atoms with E-state index < -0.39 is 0 Å². The smallest absolute Gasteiger partial charge is 0.235 e. The van der Waals surface area contributed by atoms with Gasteiger partial charge in [0.25, 0.3) is 0 Å². The molecule has 2 aliphatic heterocycles. The Bertz CT molecular complexity index is 1080. The fourth-order valence-corrected chi connectivity index (χ4v) is 5.12. The van der Waals surface area contributed by atoms with Crippen LogP contribution in [0, 0.1) is 0 Å². The van der Waals surface area contributed by atoms with Gasteiger partial charge in [-0.2, -0.15) is 0 Å². The highest BCUT2D eigenvalue weighted by Gasteiger charge is 2.20. The van der Waals surface area contributed by atoms with Crippen LogP contribution in [0.1, 0.15) is 24.1 Å². The molecule has 2 aromatic heterocycles. The van der Waals surface area contributed by atoms with Crippen LogP contribution in [0.4, 0.5) is 5.82 Å². The van der Waals surface area contributed by atoms with E-state index in [0.717, 1.165) is 61.5 Å². The number of pyridine rings is 2. The molecule has 0 unspecified atom stereocenters. The summed E-state index contributed by atoms with van der Waals surface area (Å²) in [5.41, 5.74) is 3.44. The Morgan fingerprint density at radius 2 is 2.00 bits per heavy atom. The number of likely N-dealkylation sites (tertiary alicyclic amines) is 1. The van der Waals surface area contributed by atoms with Crippen LogP contribution < -0.4 is 10.6 Å². The third-order valence-electron chi connectivity index (χ3n) is 6.13. The number of hydrogen-bond acceptors (Lipinski definition) is 6. The van der Waals surface area contributed by atoms with Crippen molar-refractivity contribution >= 4 is 34.4 Å². The second-order valence-electron chi connectivity index (χ2n) is 8.22. The first-order chi connectivity index (χ1) is 15.2. The molecule has 6 nitrogen and oxygen atoms in total. The van der Waals surface area contributed by atoms with Gasteiger partial charge in [-0.1, -0.05) is 18.2 Å². The van der Waals surface area contributed by atoms with Crippen LogP contribution in [-0.2, 0) is 17.8 Å². The molecular formula is C24H27N5OS. The van der Waals surface area contributed by atoms with E-state index in [1.807, 2.05) is 12.3 Å². The van der Waals surface area contributed by atoms with Gasteiger partial charge in [0.05, 0.1) is 21.9 Å². The van der Waals surface area contributed by atoms with E-state index in [0.29, 0.717) is 17.6 Å². The van der Waals surface area contributed by atoms with Crippen LogP contribution in [-0.4, -0.2) is 52.2 Å². The Hall–Kier alpha value is -2.48. The summed E-state index contributed by atoms with van der Waals surface area (Å²) in [5.74, 6) is 1.21. The van der Waals surface area contributed by atoms with Crippen molar-refractivity contribution in [3.63, 3.8) is 0 Å². The molecule has 31 heavy (non-hydrogen) atoms. The summed E-state index contributed by atoms with van der Waals surface area (Å²) in [6, 6.07) is 15.2. The molecule has 0 aliphatic carbocycles. The first-order valence-corrected chi connectivity index (χ1v) is 11.9. The first-order valence-electron chi connectivity index (χ1n) is 11.0. The lowest BCUT2D eigenvalue weighted by atomic mass is 10.0. The number of benzene rings is 1. The lowest BCUT2D eigenvalue weighted by Crippen LogP contribution is -2.43. The zero-order valence-electron chi connectivity index (χ0n) is 17.5. The van der Waals surface area contributed by atoms with Crippen LogP contribution >= 0.6 is 11.8 Å². The summed E-state index contributed by atoms with van der Waals surface area (Å²) in [7, 11) is 0. The number of carbonyl (C=O) groups is 1. The Morgan fingerprint density at radius 3 is 2.90 bits per heavy atom. The van der Waals surface area contributed by atoms with Crippen LogP contribution in [0.3, 0.4) is 0 Å². The van der Waals surface area contributed by atoms with E-state index in [4.69, 9.17) is 0 Å². The van der Waals surface area contributed by atoms with Gasteiger partial charge < -0.3 is 15.5 Å². The minimum absolute atomic E-state index is 0.0299. The average molecular weight is 434 g/mol. The zero-order valence-corrected chi connectivity index (χ0v) is 18.3. The van der Waals surface area contributed by atoms with Crippen LogP contribution in [0.15, 0.2) is 53.6 Å². The molecule has 0 atom stereocenters. The molecule has 0 spiro atoms. The molecule has 0 saturated carbocycles. The molecule has 1 fully saturated rings. The minimum atomic E-state index is 0.0299. The van der Waals surface area contributed by atoms with Crippen LogP contribution in [0.25, 0.3) is 10.9 Å². The largest absolute Gasteiger partial charge is 0.309 e. The Kier molecular flexibility index (Phi) is 6.15. The summed E-state index contributed by atoms with van der Waals surface area (Å²) in [6.45, 7) is 4.06. The maximum absolute atomic E-state index is 11.6. The second-order valence-corrected chi connectivity index (χ2v) is 9.24. The summed E-state index contributed by atoms with van der Waals surface area (Å²) in [4.78, 5) is 24.3. The Balaban J connectivity index is 1.09. The molecule has 5 rings (SSSR count). The number of nitrogens with zero attached hydrogens (tertiary/aromatic N) is 3. The van der Waals surface area contributed by atoms with Gasteiger partial charge in [0.15, 0.2) is 0 Å². The molecule has 3 aromatic rings. The van der Waals surface area contributed by atoms with E-state index in [-0.39, 0.29) is 5.91 Å². The number of hydrogen-bond donors (Lipinski definition) is 2. The van der Waals surface area contributed by atoms with Gasteiger partial charge in [0.1, 0.15) is 5.82 Å². The third kappa shape index (κ3) is 4.89. The quantitative estimate of drug-likeness (QED) is 0.620. The van der Waals surface area contributed by atoms with Gasteiger partial charge >= 0.3 is 0 Å². The van der Waals surface area contributed by atoms with Crippen molar-refractivity contribution in [2.45, 2.75) is 36.7 Å². The van der Waals surface area contributed by atoms with Gasteiger partial charge in [-0.15, -0.1) is 11.8 Å². The fraction of sp³-hybridized carbons (Fsp3) is 0.375. The molecule has 4 heterocycles. The topological polar surface area (TPSA) is 70.2 Å². The Morgan fingerprint density at radius 1 is 1.13 bits per heavy atom. The minimum Gasteiger partial charge on any atom is -0.309 e. The SMILES string of the molecule is O=C1CSc2ccc(CNC3CCN(CCc4ccnc5ccccc45)CC3)nc2N1. The predicted octanol–water partition coefficient (Wildman–Crippen LogP) is 3.47. The lowest BCUT2D eigenvalue weighted by Gasteiger charge is -2.32. The number of piperidine rings is 1. The van der Waals surface area contributed by atoms with Crippen molar-refractivity contribution in [1.82, 2.24) is 20.2 Å². The molecule has 0 bridgehead atoms. The van der Waals surface area contributed by atoms with E-state index >= 15 is 0 Å². The number of thioether (sulfide) groups is 1. The highest BCUT2D eigenvalue weighted by Crippen LogP contribution is 2.29. The van der Waals surface area contributed by atoms with Crippen molar-refractivity contribution in [3.8, 4) is 0 Å². The number of aromatic nitrogens is 2. The van der Waals surface area contributed by atoms with Crippen molar-refractivity contribution in [2.75, 3.05) is 30.7 Å². The molecule has 2 aliphatic rings. The predicted molar refractivity (Wildman–Crippen MR) is 125 cm³/mol. The molecular weight excluding hydrogens is 406 g/mol. The van der Waals surface area contributed by atoms with Crippen molar-refractivity contribution in [1.29, 1.82) is 0 Å². The van der Waals surface area contributed by atoms with E-state index in [9.17, 15) is 4.79 Å². The number of fused-ring (bicyclic) bond motifs is 2. The normalized spacial score (nSPS) is 17.5. The monoisotopic (exact) mass is 433 g/mol. The number of rotatable bonds is 6. The number of para-hydroxylation sites is 1. The van der Waals surface area contributed by atoms with Crippen molar-refractivity contribution in [3.05, 3.63) is 59.9 Å². The van der Waals surface area contributed by atoms with Gasteiger partial charge in [0, 0.05) is 30.7 Å². The summed E-state index contributed by atoms with van der Waals surface area (Å²) < 4.78 is 0. The van der Waals surface area contributed by atoms with Crippen molar-refractivity contribution in [2.24, 2.45) is 0 Å². The fourth-order valence-electron chi connectivity index (χ4n) is 4.36. The summed E-state index contributed by atoms with van der Waals surface area (Å²) in [5, 5.41) is 7.80. The molecule has 1 saturated heterocycles. The molecule has 1 aromatic carbocycles. The maximum atomic E-state index is 11.6. The average Bonchev–Trinajstić information content (AvgIpc) is 2.81. The van der Waals surface area contributed by atoms with Gasteiger partial charge in [-0.25, -0.2) is 4.98 Å². The summed E-state index contributed by atoms with van der Waals surface area (Å²) in [6.07, 6.45) is 5.28. The third-order valence-corrected chi connectivity index (χ3v) is 7.18. The molecule has 0 radical (unpaired) electrons. The zero-order chi connectivity index (χ0) is 21.0. The second kappa shape index (κ2) is 9.34. The number of nitrogens with one attached hydrogen (secondary N) is 2. The maximum Gasteiger partial charge on any atom is 0.235 e. The van der Waals surface area contributed by atoms with Crippen LogP contribution in [0.5, 0.6) is 0 Å². The van der Waals surface area contributed by atoms with Gasteiger partial charge in [-0.05, 0) is 62.2 Å². The highest BCUT2D eigenvalue weighted by atomic mass is 32.2. The first kappa shape index (κ1) is 20.4. The molecule has 160 valence electrons.